The minimum Gasteiger partial charge on any atom is -0.456 e. The molecule has 0 aliphatic heterocycles. The molecule has 6 heteroatoms. The Bertz CT molecular complexity index is 383. The van der Waals surface area contributed by atoms with Crippen molar-refractivity contribution in [2.24, 2.45) is 17.8 Å². The number of fused-ring (bicyclic) bond motifs is 2. The van der Waals surface area contributed by atoms with Gasteiger partial charge in [-0.2, -0.15) is 0 Å². The van der Waals surface area contributed by atoms with Crippen LogP contribution in [0.5, 0.6) is 0 Å². The molecule has 3 amide bonds. The molecular formula is C13H20N2O4. The zero-order valence-electron chi connectivity index (χ0n) is 11.1. The molecule has 2 saturated carbocycles. The summed E-state index contributed by atoms with van der Waals surface area (Å²) in [7, 11) is 1.41. The van der Waals surface area contributed by atoms with Gasteiger partial charge < -0.3 is 10.1 Å². The predicted molar refractivity (Wildman–Crippen MR) is 67.1 cm³/mol. The molecular weight excluding hydrogens is 248 g/mol. The average molecular weight is 268 g/mol. The van der Waals surface area contributed by atoms with Gasteiger partial charge in [0.15, 0.2) is 6.61 Å². The SMILES string of the molecule is CNC(=O)NC(=O)COC(=O)C[C@H]1C[C@H]2CC[C@@H]1C2. The monoisotopic (exact) mass is 268 g/mol. The molecule has 19 heavy (non-hydrogen) atoms. The Kier molecular flexibility index (Phi) is 4.39. The number of hydrogen-bond donors (Lipinski definition) is 2. The second kappa shape index (κ2) is 6.04. The van der Waals surface area contributed by atoms with E-state index >= 15 is 0 Å². The van der Waals surface area contributed by atoms with Crippen LogP contribution in [-0.4, -0.2) is 31.6 Å². The van der Waals surface area contributed by atoms with Crippen molar-refractivity contribution < 1.29 is 19.1 Å². The molecule has 0 spiro atoms. The molecule has 2 bridgehead atoms. The first-order valence-corrected chi connectivity index (χ1v) is 6.75. The second-order valence-corrected chi connectivity index (χ2v) is 5.43. The van der Waals surface area contributed by atoms with E-state index in [-0.39, 0.29) is 5.97 Å². The molecule has 3 atom stereocenters. The minimum atomic E-state index is -0.611. The van der Waals surface area contributed by atoms with E-state index in [4.69, 9.17) is 4.74 Å². The number of esters is 1. The number of imide groups is 1. The van der Waals surface area contributed by atoms with Gasteiger partial charge in [-0.15, -0.1) is 0 Å². The highest BCUT2D eigenvalue weighted by molar-refractivity contribution is 5.95. The lowest BCUT2D eigenvalue weighted by Crippen LogP contribution is -2.39. The van der Waals surface area contributed by atoms with Crippen molar-refractivity contribution in [2.75, 3.05) is 13.7 Å². The summed E-state index contributed by atoms with van der Waals surface area (Å²) in [6.07, 6.45) is 5.28. The molecule has 0 aromatic carbocycles. The lowest BCUT2D eigenvalue weighted by Gasteiger charge is -2.20. The van der Waals surface area contributed by atoms with E-state index < -0.39 is 18.5 Å². The summed E-state index contributed by atoms with van der Waals surface area (Å²) in [6, 6.07) is -0.603. The van der Waals surface area contributed by atoms with Gasteiger partial charge in [-0.3, -0.25) is 14.9 Å². The summed E-state index contributed by atoms with van der Waals surface area (Å²) in [5.74, 6) is 0.926. The van der Waals surface area contributed by atoms with E-state index in [2.05, 4.69) is 5.32 Å². The number of rotatable bonds is 4. The van der Waals surface area contributed by atoms with Crippen LogP contribution in [0.25, 0.3) is 0 Å². The number of ether oxygens (including phenoxy) is 1. The number of carbonyl (C=O) groups is 3. The molecule has 0 aromatic heterocycles. The number of urea groups is 1. The quantitative estimate of drug-likeness (QED) is 0.739. The van der Waals surface area contributed by atoms with Crippen LogP contribution < -0.4 is 10.6 Å². The van der Waals surface area contributed by atoms with Crippen LogP contribution in [0.15, 0.2) is 0 Å². The molecule has 106 valence electrons. The predicted octanol–water partition coefficient (Wildman–Crippen LogP) is 0.811. The molecule has 2 N–H and O–H groups in total. The van der Waals surface area contributed by atoms with Gasteiger partial charge in [0.25, 0.3) is 5.91 Å². The molecule has 2 fully saturated rings. The van der Waals surface area contributed by atoms with E-state index in [1.807, 2.05) is 5.32 Å². The van der Waals surface area contributed by atoms with Crippen molar-refractivity contribution in [1.82, 2.24) is 10.6 Å². The number of nitrogens with one attached hydrogen (secondary N) is 2. The Morgan fingerprint density at radius 1 is 1.21 bits per heavy atom. The zero-order valence-corrected chi connectivity index (χ0v) is 11.1. The van der Waals surface area contributed by atoms with Crippen molar-refractivity contribution in [1.29, 1.82) is 0 Å². The normalized spacial score (nSPS) is 27.9. The molecule has 2 aliphatic carbocycles. The van der Waals surface area contributed by atoms with E-state index in [0.29, 0.717) is 18.3 Å². The summed E-state index contributed by atoms with van der Waals surface area (Å²) in [6.45, 7) is -0.396. The van der Waals surface area contributed by atoms with Crippen molar-refractivity contribution in [2.45, 2.75) is 32.1 Å². The maximum absolute atomic E-state index is 11.6. The van der Waals surface area contributed by atoms with Crippen molar-refractivity contribution in [3.05, 3.63) is 0 Å². The number of amides is 3. The maximum atomic E-state index is 11.6. The zero-order chi connectivity index (χ0) is 13.8. The highest BCUT2D eigenvalue weighted by Gasteiger charge is 2.40. The van der Waals surface area contributed by atoms with Crippen LogP contribution >= 0.6 is 0 Å². The Balaban J connectivity index is 1.65. The summed E-state index contributed by atoms with van der Waals surface area (Å²) in [5, 5.41) is 4.29. The third-order valence-corrected chi connectivity index (χ3v) is 4.16. The van der Waals surface area contributed by atoms with Gasteiger partial charge in [-0.1, -0.05) is 6.42 Å². The van der Waals surface area contributed by atoms with Gasteiger partial charge in [0.2, 0.25) is 0 Å². The van der Waals surface area contributed by atoms with Gasteiger partial charge >= 0.3 is 12.0 Å². The Hall–Kier alpha value is -1.59. The highest BCUT2D eigenvalue weighted by Crippen LogP contribution is 2.49. The third-order valence-electron chi connectivity index (χ3n) is 4.16. The first-order valence-electron chi connectivity index (χ1n) is 6.75. The van der Waals surface area contributed by atoms with Gasteiger partial charge in [0, 0.05) is 13.5 Å². The van der Waals surface area contributed by atoms with Gasteiger partial charge in [-0.05, 0) is 37.0 Å². The topological polar surface area (TPSA) is 84.5 Å². The number of carbonyl (C=O) groups excluding carboxylic acids is 3. The van der Waals surface area contributed by atoms with Gasteiger partial charge in [-0.25, -0.2) is 4.79 Å². The number of hydrogen-bond acceptors (Lipinski definition) is 4. The Morgan fingerprint density at radius 3 is 2.58 bits per heavy atom. The van der Waals surface area contributed by atoms with Crippen LogP contribution in [0.2, 0.25) is 0 Å². The lowest BCUT2D eigenvalue weighted by atomic mass is 9.86. The van der Waals surface area contributed by atoms with E-state index in [0.717, 1.165) is 12.3 Å². The van der Waals surface area contributed by atoms with Crippen LogP contribution in [0, 0.1) is 17.8 Å². The smallest absolute Gasteiger partial charge is 0.321 e. The molecule has 0 heterocycles. The Morgan fingerprint density at radius 2 is 2.00 bits per heavy atom. The summed E-state index contributed by atoms with van der Waals surface area (Å²) >= 11 is 0. The molecule has 0 radical (unpaired) electrons. The van der Waals surface area contributed by atoms with Crippen LogP contribution in [0.4, 0.5) is 4.79 Å². The second-order valence-electron chi connectivity index (χ2n) is 5.43. The van der Waals surface area contributed by atoms with Crippen molar-refractivity contribution >= 4 is 17.9 Å². The molecule has 6 nitrogen and oxygen atoms in total. The van der Waals surface area contributed by atoms with Gasteiger partial charge in [0.1, 0.15) is 0 Å². The minimum absolute atomic E-state index is 0.343. The van der Waals surface area contributed by atoms with Gasteiger partial charge in [0.05, 0.1) is 0 Å². The van der Waals surface area contributed by atoms with E-state index in [1.54, 1.807) is 0 Å². The fraction of sp³-hybridized carbons (Fsp3) is 0.769. The van der Waals surface area contributed by atoms with E-state index in [9.17, 15) is 14.4 Å². The summed E-state index contributed by atoms with van der Waals surface area (Å²) in [5.41, 5.74) is 0. The standard InChI is InChI=1S/C13H20N2O4/c1-14-13(18)15-11(16)7-19-12(17)6-10-5-8-2-3-9(10)4-8/h8-10H,2-7H2,1H3,(H2,14,15,16,18)/t8-,9+,10+/m0/s1. The third kappa shape index (κ3) is 3.68. The lowest BCUT2D eigenvalue weighted by molar-refractivity contribution is -0.149. The summed E-state index contributed by atoms with van der Waals surface area (Å²) < 4.78 is 4.89. The molecule has 0 unspecified atom stereocenters. The molecule has 0 aromatic rings. The Labute approximate surface area is 112 Å². The largest absolute Gasteiger partial charge is 0.456 e. The molecule has 2 rings (SSSR count). The van der Waals surface area contributed by atoms with Crippen molar-refractivity contribution in [3.63, 3.8) is 0 Å². The van der Waals surface area contributed by atoms with Crippen LogP contribution in [0.1, 0.15) is 32.1 Å². The first-order chi connectivity index (χ1) is 9.08. The fourth-order valence-electron chi connectivity index (χ4n) is 3.27. The highest BCUT2D eigenvalue weighted by atomic mass is 16.5. The van der Waals surface area contributed by atoms with Crippen LogP contribution in [0.3, 0.4) is 0 Å². The summed E-state index contributed by atoms with van der Waals surface area (Å²) in [4.78, 5) is 33.7. The molecule has 0 saturated heterocycles. The molecule has 2 aliphatic rings. The van der Waals surface area contributed by atoms with E-state index in [1.165, 1.54) is 26.3 Å². The average Bonchev–Trinajstić information content (AvgIpc) is 2.98. The fourth-order valence-corrected chi connectivity index (χ4v) is 3.27. The van der Waals surface area contributed by atoms with Crippen molar-refractivity contribution in [3.8, 4) is 0 Å². The first kappa shape index (κ1) is 13.8. The maximum Gasteiger partial charge on any atom is 0.321 e. The van der Waals surface area contributed by atoms with Crippen LogP contribution in [-0.2, 0) is 14.3 Å².